The molecule has 4 unspecified atom stereocenters. The SMILES string of the molecule is CC(NC1CCN2CCC1C2)c1ccc(Cl)s1. The van der Waals surface area contributed by atoms with Gasteiger partial charge in [0.05, 0.1) is 4.34 Å². The van der Waals surface area contributed by atoms with E-state index in [2.05, 4.69) is 23.2 Å². The van der Waals surface area contributed by atoms with Gasteiger partial charge in [0.15, 0.2) is 0 Å². The largest absolute Gasteiger partial charge is 0.306 e. The Morgan fingerprint density at radius 1 is 1.41 bits per heavy atom. The highest BCUT2D eigenvalue weighted by Gasteiger charge is 2.34. The van der Waals surface area contributed by atoms with E-state index in [9.17, 15) is 0 Å². The minimum absolute atomic E-state index is 0.435. The van der Waals surface area contributed by atoms with Gasteiger partial charge >= 0.3 is 0 Å². The number of thiophene rings is 1. The van der Waals surface area contributed by atoms with Crippen LogP contribution in [0.15, 0.2) is 12.1 Å². The Hall–Kier alpha value is -0.0900. The van der Waals surface area contributed by atoms with Gasteiger partial charge in [-0.1, -0.05) is 11.6 Å². The normalized spacial score (nSPS) is 33.9. The first-order valence-electron chi connectivity index (χ1n) is 6.46. The summed E-state index contributed by atoms with van der Waals surface area (Å²) >= 11 is 7.69. The van der Waals surface area contributed by atoms with Crippen molar-refractivity contribution in [3.05, 3.63) is 21.3 Å². The Balaban J connectivity index is 1.62. The first kappa shape index (κ1) is 12.0. The molecule has 1 N–H and O–H groups in total. The van der Waals surface area contributed by atoms with Crippen molar-refractivity contribution in [2.75, 3.05) is 19.6 Å². The highest BCUT2D eigenvalue weighted by atomic mass is 35.5. The van der Waals surface area contributed by atoms with Crippen LogP contribution in [0.2, 0.25) is 4.34 Å². The summed E-state index contributed by atoms with van der Waals surface area (Å²) in [6, 6.07) is 5.28. The Bertz CT molecular complexity index is 393. The standard InChI is InChI=1S/C13H19ClN2S/c1-9(12-2-3-13(14)17-12)15-11-5-7-16-6-4-10(11)8-16/h2-3,9-11,15H,4-8H2,1H3. The van der Waals surface area contributed by atoms with Gasteiger partial charge in [-0.05, 0) is 50.9 Å². The van der Waals surface area contributed by atoms with Crippen molar-refractivity contribution >= 4 is 22.9 Å². The lowest BCUT2D eigenvalue weighted by atomic mass is 9.93. The molecule has 2 aliphatic heterocycles. The van der Waals surface area contributed by atoms with Crippen molar-refractivity contribution in [2.45, 2.75) is 31.8 Å². The van der Waals surface area contributed by atoms with Crippen LogP contribution in [0.1, 0.15) is 30.7 Å². The van der Waals surface area contributed by atoms with Crippen LogP contribution >= 0.6 is 22.9 Å². The van der Waals surface area contributed by atoms with Gasteiger partial charge in [-0.15, -0.1) is 11.3 Å². The van der Waals surface area contributed by atoms with Crippen LogP contribution in [-0.2, 0) is 0 Å². The summed E-state index contributed by atoms with van der Waals surface area (Å²) in [7, 11) is 0. The van der Waals surface area contributed by atoms with Gasteiger partial charge in [-0.3, -0.25) is 0 Å². The molecular weight excluding hydrogens is 252 g/mol. The van der Waals surface area contributed by atoms with Crippen molar-refractivity contribution < 1.29 is 0 Å². The fourth-order valence-electron chi connectivity index (χ4n) is 3.14. The fourth-order valence-corrected chi connectivity index (χ4v) is 4.21. The first-order valence-corrected chi connectivity index (χ1v) is 7.65. The molecule has 1 aromatic heterocycles. The van der Waals surface area contributed by atoms with Crippen molar-refractivity contribution in [1.29, 1.82) is 0 Å². The second-order valence-corrected chi connectivity index (χ2v) is 7.02. The summed E-state index contributed by atoms with van der Waals surface area (Å²) in [5.74, 6) is 0.863. The molecule has 0 amide bonds. The van der Waals surface area contributed by atoms with Crippen LogP contribution in [-0.4, -0.2) is 30.6 Å². The minimum atomic E-state index is 0.435. The molecule has 0 spiro atoms. The van der Waals surface area contributed by atoms with Gasteiger partial charge in [0.1, 0.15) is 0 Å². The first-order chi connectivity index (χ1) is 8.22. The van der Waals surface area contributed by atoms with Crippen molar-refractivity contribution in [3.8, 4) is 0 Å². The fraction of sp³-hybridized carbons (Fsp3) is 0.692. The van der Waals surface area contributed by atoms with Gasteiger partial charge in [-0.25, -0.2) is 0 Å². The topological polar surface area (TPSA) is 15.3 Å². The van der Waals surface area contributed by atoms with Crippen LogP contribution in [0.5, 0.6) is 0 Å². The third-order valence-electron chi connectivity index (χ3n) is 4.12. The second kappa shape index (κ2) is 4.88. The summed E-state index contributed by atoms with van der Waals surface area (Å²) < 4.78 is 0.893. The average Bonchev–Trinajstić information content (AvgIpc) is 2.90. The molecule has 2 nitrogen and oxygen atoms in total. The molecule has 17 heavy (non-hydrogen) atoms. The van der Waals surface area contributed by atoms with E-state index in [4.69, 9.17) is 11.6 Å². The molecule has 94 valence electrons. The molecule has 4 atom stereocenters. The molecule has 3 rings (SSSR count). The summed E-state index contributed by atoms with van der Waals surface area (Å²) in [6.45, 7) is 6.13. The summed E-state index contributed by atoms with van der Waals surface area (Å²) in [5, 5.41) is 3.80. The van der Waals surface area contributed by atoms with Gasteiger partial charge < -0.3 is 10.2 Å². The Morgan fingerprint density at radius 3 is 3.00 bits per heavy atom. The Kier molecular flexibility index (Phi) is 3.44. The van der Waals surface area contributed by atoms with Crippen molar-refractivity contribution in [3.63, 3.8) is 0 Å². The molecular formula is C13H19ClN2S. The zero-order chi connectivity index (χ0) is 11.8. The number of nitrogens with one attached hydrogen (secondary N) is 1. The van der Waals surface area contributed by atoms with Crippen LogP contribution in [0.4, 0.5) is 0 Å². The number of fused-ring (bicyclic) bond motifs is 2. The molecule has 0 aliphatic carbocycles. The molecule has 4 heteroatoms. The van der Waals surface area contributed by atoms with E-state index in [-0.39, 0.29) is 0 Å². The Labute approximate surface area is 112 Å². The van der Waals surface area contributed by atoms with Crippen molar-refractivity contribution in [2.24, 2.45) is 5.92 Å². The molecule has 0 saturated carbocycles. The lowest BCUT2D eigenvalue weighted by Gasteiger charge is -2.33. The second-order valence-electron chi connectivity index (χ2n) is 5.27. The number of halogens is 1. The zero-order valence-corrected chi connectivity index (χ0v) is 11.7. The molecule has 2 fully saturated rings. The van der Waals surface area contributed by atoms with Crippen molar-refractivity contribution in [1.82, 2.24) is 10.2 Å². The molecule has 0 radical (unpaired) electrons. The minimum Gasteiger partial charge on any atom is -0.306 e. The van der Waals surface area contributed by atoms with Gasteiger partial charge in [0, 0.05) is 23.5 Å². The van der Waals surface area contributed by atoms with Crippen LogP contribution in [0.3, 0.4) is 0 Å². The lowest BCUT2D eigenvalue weighted by molar-refractivity contribution is 0.212. The number of hydrogen-bond acceptors (Lipinski definition) is 3. The number of rotatable bonds is 3. The molecule has 0 aromatic carbocycles. The molecule has 3 heterocycles. The predicted molar refractivity (Wildman–Crippen MR) is 73.8 cm³/mol. The number of nitrogens with zero attached hydrogens (tertiary/aromatic N) is 1. The van der Waals surface area contributed by atoms with Gasteiger partial charge in [0.2, 0.25) is 0 Å². The summed E-state index contributed by atoms with van der Waals surface area (Å²) in [4.78, 5) is 3.95. The van der Waals surface area contributed by atoms with E-state index in [1.54, 1.807) is 11.3 Å². The maximum Gasteiger partial charge on any atom is 0.0931 e. The smallest absolute Gasteiger partial charge is 0.0931 e. The van der Waals surface area contributed by atoms with E-state index in [0.29, 0.717) is 12.1 Å². The number of piperidine rings is 1. The van der Waals surface area contributed by atoms with Crippen LogP contribution in [0.25, 0.3) is 0 Å². The average molecular weight is 271 g/mol. The molecule has 2 bridgehead atoms. The highest BCUT2D eigenvalue weighted by molar-refractivity contribution is 7.16. The monoisotopic (exact) mass is 270 g/mol. The summed E-state index contributed by atoms with van der Waals surface area (Å²) in [6.07, 6.45) is 2.67. The maximum atomic E-state index is 5.99. The molecule has 1 aromatic rings. The third kappa shape index (κ3) is 2.53. The van der Waals surface area contributed by atoms with E-state index in [1.165, 1.54) is 37.4 Å². The summed E-state index contributed by atoms with van der Waals surface area (Å²) in [5.41, 5.74) is 0. The van der Waals surface area contributed by atoms with Crippen LogP contribution < -0.4 is 5.32 Å². The highest BCUT2D eigenvalue weighted by Crippen LogP contribution is 2.31. The predicted octanol–water partition coefficient (Wildman–Crippen LogP) is 3.15. The van der Waals surface area contributed by atoms with E-state index in [1.807, 2.05) is 6.07 Å². The number of hydrogen-bond donors (Lipinski definition) is 1. The van der Waals surface area contributed by atoms with Gasteiger partial charge in [0.25, 0.3) is 0 Å². The molecule has 2 aliphatic rings. The van der Waals surface area contributed by atoms with E-state index >= 15 is 0 Å². The van der Waals surface area contributed by atoms with E-state index < -0.39 is 0 Å². The quantitative estimate of drug-likeness (QED) is 0.908. The van der Waals surface area contributed by atoms with Gasteiger partial charge in [-0.2, -0.15) is 0 Å². The molecule has 2 saturated heterocycles. The van der Waals surface area contributed by atoms with E-state index in [0.717, 1.165) is 10.3 Å². The third-order valence-corrected chi connectivity index (χ3v) is 5.53. The lowest BCUT2D eigenvalue weighted by Crippen LogP contribution is -2.44. The Morgan fingerprint density at radius 2 is 2.24 bits per heavy atom. The van der Waals surface area contributed by atoms with Crippen LogP contribution in [0, 0.1) is 5.92 Å². The maximum absolute atomic E-state index is 5.99. The zero-order valence-electron chi connectivity index (χ0n) is 10.2.